The summed E-state index contributed by atoms with van der Waals surface area (Å²) in [4.78, 5) is 2.05. The molecular weight excluding hydrogens is 253 g/mol. The first-order valence-electron chi connectivity index (χ1n) is 7.28. The molecule has 1 N–H and O–H groups in total. The average Bonchev–Trinajstić information content (AvgIpc) is 2.25. The fourth-order valence-electron chi connectivity index (χ4n) is 2.99. The summed E-state index contributed by atoms with van der Waals surface area (Å²) < 4.78 is 37.7. The molecule has 114 valence electrons. The SMILES string of the molecule is CCC1CNC(CC(C)C)CN1C(C)CC(F)(F)F. The van der Waals surface area contributed by atoms with Crippen LogP contribution in [0.1, 0.15) is 47.0 Å². The lowest BCUT2D eigenvalue weighted by Gasteiger charge is -2.44. The van der Waals surface area contributed by atoms with Gasteiger partial charge in [0.05, 0.1) is 6.42 Å². The van der Waals surface area contributed by atoms with Crippen LogP contribution in [0.3, 0.4) is 0 Å². The zero-order chi connectivity index (χ0) is 14.6. The molecule has 0 aromatic heterocycles. The van der Waals surface area contributed by atoms with Crippen molar-refractivity contribution in [2.45, 2.75) is 71.3 Å². The molecular formula is C14H27F3N2. The van der Waals surface area contributed by atoms with Crippen LogP contribution in [0.25, 0.3) is 0 Å². The van der Waals surface area contributed by atoms with Crippen molar-refractivity contribution in [1.82, 2.24) is 10.2 Å². The maximum absolute atomic E-state index is 12.6. The number of hydrogen-bond donors (Lipinski definition) is 1. The standard InChI is InChI=1S/C14H27F3N2/c1-5-13-8-18-12(6-10(2)3)9-19(13)11(4)7-14(15,16)17/h10-13,18H,5-9H2,1-4H3. The molecule has 1 rings (SSSR count). The number of nitrogens with one attached hydrogen (secondary N) is 1. The van der Waals surface area contributed by atoms with Crippen molar-refractivity contribution in [3.8, 4) is 0 Å². The van der Waals surface area contributed by atoms with E-state index in [0.717, 1.165) is 25.9 Å². The summed E-state index contributed by atoms with van der Waals surface area (Å²) in [5.74, 6) is 0.565. The molecule has 19 heavy (non-hydrogen) atoms. The van der Waals surface area contributed by atoms with Gasteiger partial charge in [0, 0.05) is 31.2 Å². The second-order valence-corrected chi connectivity index (χ2v) is 6.16. The van der Waals surface area contributed by atoms with Crippen molar-refractivity contribution < 1.29 is 13.2 Å². The Morgan fingerprint density at radius 1 is 1.26 bits per heavy atom. The quantitative estimate of drug-likeness (QED) is 0.830. The lowest BCUT2D eigenvalue weighted by molar-refractivity contribution is -0.149. The van der Waals surface area contributed by atoms with E-state index >= 15 is 0 Å². The zero-order valence-electron chi connectivity index (χ0n) is 12.4. The molecule has 1 aliphatic rings. The highest BCUT2D eigenvalue weighted by Crippen LogP contribution is 2.27. The number of halogens is 3. The Hall–Kier alpha value is -0.290. The van der Waals surface area contributed by atoms with Crippen LogP contribution in [0, 0.1) is 5.92 Å². The molecule has 0 aliphatic carbocycles. The number of hydrogen-bond acceptors (Lipinski definition) is 2. The van der Waals surface area contributed by atoms with Gasteiger partial charge in [0.1, 0.15) is 0 Å². The molecule has 2 nitrogen and oxygen atoms in total. The molecule has 0 bridgehead atoms. The zero-order valence-corrected chi connectivity index (χ0v) is 12.4. The molecule has 3 unspecified atom stereocenters. The fourth-order valence-corrected chi connectivity index (χ4v) is 2.99. The fraction of sp³-hybridized carbons (Fsp3) is 1.00. The van der Waals surface area contributed by atoms with E-state index in [4.69, 9.17) is 0 Å². The largest absolute Gasteiger partial charge is 0.390 e. The van der Waals surface area contributed by atoms with Crippen molar-refractivity contribution >= 4 is 0 Å². The highest BCUT2D eigenvalue weighted by molar-refractivity contribution is 4.89. The van der Waals surface area contributed by atoms with Crippen molar-refractivity contribution in [1.29, 1.82) is 0 Å². The minimum absolute atomic E-state index is 0.223. The van der Waals surface area contributed by atoms with Crippen LogP contribution in [-0.2, 0) is 0 Å². The summed E-state index contributed by atoms with van der Waals surface area (Å²) in [6.45, 7) is 9.58. The maximum Gasteiger partial charge on any atom is 0.390 e. The normalized spacial score (nSPS) is 27.8. The molecule has 0 aromatic rings. The van der Waals surface area contributed by atoms with E-state index in [2.05, 4.69) is 24.1 Å². The Kier molecular flexibility index (Phi) is 6.12. The van der Waals surface area contributed by atoms with E-state index in [0.29, 0.717) is 12.0 Å². The second kappa shape index (κ2) is 6.93. The Morgan fingerprint density at radius 3 is 2.37 bits per heavy atom. The molecule has 1 fully saturated rings. The van der Waals surface area contributed by atoms with Crippen molar-refractivity contribution in [2.75, 3.05) is 13.1 Å². The van der Waals surface area contributed by atoms with Gasteiger partial charge in [0.15, 0.2) is 0 Å². The smallest absolute Gasteiger partial charge is 0.311 e. The number of nitrogens with zero attached hydrogens (tertiary/aromatic N) is 1. The lowest BCUT2D eigenvalue weighted by atomic mass is 9.97. The molecule has 1 aliphatic heterocycles. The van der Waals surface area contributed by atoms with E-state index in [9.17, 15) is 13.2 Å². The molecule has 0 amide bonds. The van der Waals surface area contributed by atoms with E-state index < -0.39 is 18.6 Å². The van der Waals surface area contributed by atoms with E-state index in [1.165, 1.54) is 0 Å². The van der Waals surface area contributed by atoms with Crippen molar-refractivity contribution in [2.24, 2.45) is 5.92 Å². The predicted molar refractivity (Wildman–Crippen MR) is 72.2 cm³/mol. The molecule has 0 spiro atoms. The highest BCUT2D eigenvalue weighted by atomic mass is 19.4. The minimum atomic E-state index is -4.07. The third-order valence-corrected chi connectivity index (χ3v) is 3.86. The molecule has 1 saturated heterocycles. The first kappa shape index (κ1) is 16.8. The van der Waals surface area contributed by atoms with Gasteiger partial charge in [-0.3, -0.25) is 4.90 Å². The van der Waals surface area contributed by atoms with E-state index in [1.54, 1.807) is 6.92 Å². The summed E-state index contributed by atoms with van der Waals surface area (Å²) >= 11 is 0. The Balaban J connectivity index is 2.63. The van der Waals surface area contributed by atoms with Gasteiger partial charge in [-0.25, -0.2) is 0 Å². The lowest BCUT2D eigenvalue weighted by Crippen LogP contribution is -2.59. The monoisotopic (exact) mass is 280 g/mol. The Labute approximate surface area is 114 Å². The van der Waals surface area contributed by atoms with Gasteiger partial charge in [0.2, 0.25) is 0 Å². The second-order valence-electron chi connectivity index (χ2n) is 6.16. The van der Waals surface area contributed by atoms with Gasteiger partial charge in [0.25, 0.3) is 0 Å². The van der Waals surface area contributed by atoms with Gasteiger partial charge in [-0.2, -0.15) is 13.2 Å². The molecule has 3 atom stereocenters. The van der Waals surface area contributed by atoms with E-state index in [1.807, 2.05) is 6.92 Å². The molecule has 0 aromatic carbocycles. The van der Waals surface area contributed by atoms with Gasteiger partial charge in [-0.15, -0.1) is 0 Å². The third-order valence-electron chi connectivity index (χ3n) is 3.86. The Bertz CT molecular complexity index is 266. The van der Waals surface area contributed by atoms with Crippen molar-refractivity contribution in [3.63, 3.8) is 0 Å². The summed E-state index contributed by atoms with van der Waals surface area (Å²) in [5, 5.41) is 3.48. The average molecular weight is 280 g/mol. The number of rotatable bonds is 5. The summed E-state index contributed by atoms with van der Waals surface area (Å²) in [7, 11) is 0. The van der Waals surface area contributed by atoms with Gasteiger partial charge < -0.3 is 5.32 Å². The van der Waals surface area contributed by atoms with E-state index in [-0.39, 0.29) is 6.04 Å². The van der Waals surface area contributed by atoms with Gasteiger partial charge in [-0.05, 0) is 25.7 Å². The first-order valence-corrected chi connectivity index (χ1v) is 7.28. The van der Waals surface area contributed by atoms with Crippen LogP contribution >= 0.6 is 0 Å². The first-order chi connectivity index (χ1) is 8.73. The molecule has 1 heterocycles. The number of alkyl halides is 3. The summed E-state index contributed by atoms with van der Waals surface area (Å²) in [5.41, 5.74) is 0. The van der Waals surface area contributed by atoms with Gasteiger partial charge >= 0.3 is 6.18 Å². The van der Waals surface area contributed by atoms with Crippen LogP contribution in [0.15, 0.2) is 0 Å². The molecule has 5 heteroatoms. The number of piperazine rings is 1. The third kappa shape index (κ3) is 5.69. The summed E-state index contributed by atoms with van der Waals surface area (Å²) in [6, 6.07) is 0.112. The topological polar surface area (TPSA) is 15.3 Å². The Morgan fingerprint density at radius 2 is 1.89 bits per heavy atom. The van der Waals surface area contributed by atoms with Crippen molar-refractivity contribution in [3.05, 3.63) is 0 Å². The van der Waals surface area contributed by atoms with Crippen LogP contribution in [0.2, 0.25) is 0 Å². The van der Waals surface area contributed by atoms with Crippen LogP contribution in [0.4, 0.5) is 13.2 Å². The predicted octanol–water partition coefficient (Wildman–Crippen LogP) is 3.43. The maximum atomic E-state index is 12.6. The highest BCUT2D eigenvalue weighted by Gasteiger charge is 2.36. The summed E-state index contributed by atoms with van der Waals surface area (Å²) in [6.07, 6.45) is -2.87. The van der Waals surface area contributed by atoms with Crippen LogP contribution < -0.4 is 5.32 Å². The molecule has 0 saturated carbocycles. The van der Waals surface area contributed by atoms with Gasteiger partial charge in [-0.1, -0.05) is 20.8 Å². The molecule has 0 radical (unpaired) electrons. The van der Waals surface area contributed by atoms with Crippen LogP contribution in [-0.4, -0.2) is 42.3 Å². The van der Waals surface area contributed by atoms with Crippen LogP contribution in [0.5, 0.6) is 0 Å². The minimum Gasteiger partial charge on any atom is -0.311 e.